The molecule has 0 unspecified atom stereocenters. The van der Waals surface area contributed by atoms with Crippen LogP contribution in [0.5, 0.6) is 17.2 Å². The maximum Gasteiger partial charge on any atom is 0.322 e. The maximum atomic E-state index is 12.7. The number of carbonyl (C=O) groups is 1. The van der Waals surface area contributed by atoms with Crippen molar-refractivity contribution in [3.8, 4) is 17.2 Å². The molecule has 1 saturated heterocycles. The van der Waals surface area contributed by atoms with Gasteiger partial charge in [-0.25, -0.2) is 4.79 Å². The van der Waals surface area contributed by atoms with E-state index in [0.717, 1.165) is 23.1 Å². The number of anilines is 1. The average Bonchev–Trinajstić information content (AvgIpc) is 3.22. The number of hydrogen-bond acceptors (Lipinski definition) is 5. The lowest BCUT2D eigenvalue weighted by molar-refractivity contribution is 0.196. The Morgan fingerprint density at radius 1 is 1.07 bits per heavy atom. The highest BCUT2D eigenvalue weighted by Crippen LogP contribution is 2.35. The second-order valence-corrected chi connectivity index (χ2v) is 6.78. The molecule has 1 aromatic heterocycles. The van der Waals surface area contributed by atoms with Crippen molar-refractivity contribution in [2.24, 2.45) is 0 Å². The maximum absolute atomic E-state index is 12.7. The molecule has 0 bridgehead atoms. The molecule has 0 radical (unpaired) electrons. The summed E-state index contributed by atoms with van der Waals surface area (Å²) >= 11 is 0. The molecule has 3 aromatic rings. The van der Waals surface area contributed by atoms with Crippen molar-refractivity contribution in [3.05, 3.63) is 54.7 Å². The van der Waals surface area contributed by atoms with Gasteiger partial charge in [0.05, 0.1) is 26.5 Å². The molecule has 1 atom stereocenters. The molecule has 4 rings (SSSR count). The molecular weight excluding hydrogens is 370 g/mol. The van der Waals surface area contributed by atoms with Crippen molar-refractivity contribution in [2.45, 2.75) is 12.5 Å². The number of methoxy groups -OCH3 is 2. The van der Waals surface area contributed by atoms with Gasteiger partial charge in [-0.1, -0.05) is 24.3 Å². The number of likely N-dealkylation sites (tertiary alicyclic amines) is 1. The summed E-state index contributed by atoms with van der Waals surface area (Å²) in [5.41, 5.74) is 1.40. The average molecular weight is 393 g/mol. The minimum absolute atomic E-state index is 0.0828. The van der Waals surface area contributed by atoms with Gasteiger partial charge in [-0.3, -0.25) is 4.98 Å². The van der Waals surface area contributed by atoms with Crippen LogP contribution >= 0.6 is 0 Å². The first kappa shape index (κ1) is 18.9. The number of rotatable bonds is 5. The highest BCUT2D eigenvalue weighted by atomic mass is 16.5. The van der Waals surface area contributed by atoms with Crippen LogP contribution in [0.4, 0.5) is 10.5 Å². The molecule has 150 valence electrons. The smallest absolute Gasteiger partial charge is 0.322 e. The quantitative estimate of drug-likeness (QED) is 0.711. The molecule has 1 aliphatic rings. The van der Waals surface area contributed by atoms with Crippen LogP contribution < -0.4 is 19.5 Å². The Morgan fingerprint density at radius 2 is 1.86 bits per heavy atom. The lowest BCUT2D eigenvalue weighted by Crippen LogP contribution is -2.34. The molecule has 2 aromatic carbocycles. The molecule has 7 nitrogen and oxygen atoms in total. The number of aromatic nitrogens is 1. The Morgan fingerprint density at radius 3 is 2.69 bits per heavy atom. The zero-order valence-electron chi connectivity index (χ0n) is 16.4. The molecular formula is C22H23N3O4. The van der Waals surface area contributed by atoms with Crippen molar-refractivity contribution in [3.63, 3.8) is 0 Å². The number of hydrogen-bond donors (Lipinski definition) is 1. The minimum Gasteiger partial charge on any atom is -0.493 e. The van der Waals surface area contributed by atoms with E-state index in [1.54, 1.807) is 43.5 Å². The van der Waals surface area contributed by atoms with Crippen LogP contribution in [-0.4, -0.2) is 49.3 Å². The fourth-order valence-electron chi connectivity index (χ4n) is 3.54. The van der Waals surface area contributed by atoms with E-state index in [4.69, 9.17) is 14.2 Å². The van der Waals surface area contributed by atoms with Gasteiger partial charge in [-0.15, -0.1) is 0 Å². The largest absolute Gasteiger partial charge is 0.493 e. The topological polar surface area (TPSA) is 72.9 Å². The molecule has 0 aliphatic carbocycles. The van der Waals surface area contributed by atoms with Crippen LogP contribution in [0.3, 0.4) is 0 Å². The monoisotopic (exact) mass is 393 g/mol. The Hall–Kier alpha value is -3.48. The molecule has 1 fully saturated rings. The highest BCUT2D eigenvalue weighted by Gasteiger charge is 2.28. The molecule has 2 heterocycles. The Balaban J connectivity index is 1.43. The van der Waals surface area contributed by atoms with Gasteiger partial charge in [0, 0.05) is 24.5 Å². The van der Waals surface area contributed by atoms with E-state index in [1.807, 2.05) is 30.3 Å². The van der Waals surface area contributed by atoms with Crippen molar-refractivity contribution in [2.75, 3.05) is 32.6 Å². The first-order valence-corrected chi connectivity index (χ1v) is 9.47. The number of pyridine rings is 1. The van der Waals surface area contributed by atoms with Gasteiger partial charge in [0.1, 0.15) is 17.4 Å². The fraction of sp³-hybridized carbons (Fsp3) is 0.273. The second kappa shape index (κ2) is 8.26. The standard InChI is InChI=1S/C22H23N3O4/c1-27-19-10-4-8-17(21(19)28-2)24-22(26)25-13-11-16(14-25)29-18-9-3-6-15-7-5-12-23-20(15)18/h3-10,12,16H,11,13-14H2,1-2H3,(H,24,26)/t16-/m1/s1. The number of amides is 2. The number of urea groups is 1. The number of ether oxygens (including phenoxy) is 3. The minimum atomic E-state index is -0.196. The number of carbonyl (C=O) groups excluding carboxylic acids is 1. The fourth-order valence-corrected chi connectivity index (χ4v) is 3.54. The van der Waals surface area contributed by atoms with Crippen molar-refractivity contribution in [1.29, 1.82) is 0 Å². The molecule has 7 heteroatoms. The third-order valence-corrected chi connectivity index (χ3v) is 4.97. The summed E-state index contributed by atoms with van der Waals surface area (Å²) in [6.45, 7) is 1.11. The van der Waals surface area contributed by atoms with Gasteiger partial charge in [0.15, 0.2) is 11.5 Å². The van der Waals surface area contributed by atoms with Gasteiger partial charge in [0.2, 0.25) is 0 Å². The summed E-state index contributed by atoms with van der Waals surface area (Å²) in [5, 5.41) is 3.94. The van der Waals surface area contributed by atoms with E-state index < -0.39 is 0 Å². The summed E-state index contributed by atoms with van der Waals surface area (Å²) in [6, 6.07) is 15.0. The van der Waals surface area contributed by atoms with Crippen LogP contribution in [0.25, 0.3) is 10.9 Å². The summed E-state index contributed by atoms with van der Waals surface area (Å²) < 4.78 is 16.8. The molecule has 0 saturated carbocycles. The van der Waals surface area contributed by atoms with Crippen LogP contribution in [0.15, 0.2) is 54.7 Å². The lowest BCUT2D eigenvalue weighted by atomic mass is 10.2. The summed E-state index contributed by atoms with van der Waals surface area (Å²) in [5.74, 6) is 1.80. The second-order valence-electron chi connectivity index (χ2n) is 6.78. The first-order valence-electron chi connectivity index (χ1n) is 9.47. The van der Waals surface area contributed by atoms with E-state index in [-0.39, 0.29) is 12.1 Å². The Kier molecular flexibility index (Phi) is 5.37. The number of nitrogens with one attached hydrogen (secondary N) is 1. The van der Waals surface area contributed by atoms with Crippen molar-refractivity contribution in [1.82, 2.24) is 9.88 Å². The number of fused-ring (bicyclic) bond motifs is 1. The zero-order chi connectivity index (χ0) is 20.2. The van der Waals surface area contributed by atoms with Gasteiger partial charge < -0.3 is 24.4 Å². The predicted molar refractivity (Wildman–Crippen MR) is 111 cm³/mol. The first-order chi connectivity index (χ1) is 14.2. The van der Waals surface area contributed by atoms with Crippen LogP contribution in [0.2, 0.25) is 0 Å². The van der Waals surface area contributed by atoms with Gasteiger partial charge in [-0.05, 0) is 24.3 Å². The third kappa shape index (κ3) is 3.89. The zero-order valence-corrected chi connectivity index (χ0v) is 16.4. The predicted octanol–water partition coefficient (Wildman–Crippen LogP) is 3.94. The van der Waals surface area contributed by atoms with Gasteiger partial charge >= 0.3 is 6.03 Å². The van der Waals surface area contributed by atoms with E-state index in [9.17, 15) is 4.79 Å². The Bertz CT molecular complexity index is 1020. The van der Waals surface area contributed by atoms with E-state index in [0.29, 0.717) is 30.3 Å². The molecule has 2 amide bonds. The molecule has 29 heavy (non-hydrogen) atoms. The summed E-state index contributed by atoms with van der Waals surface area (Å²) in [7, 11) is 3.11. The summed E-state index contributed by atoms with van der Waals surface area (Å²) in [4.78, 5) is 18.9. The molecule has 1 N–H and O–H groups in total. The van der Waals surface area contributed by atoms with Crippen molar-refractivity contribution >= 4 is 22.6 Å². The van der Waals surface area contributed by atoms with E-state index >= 15 is 0 Å². The van der Waals surface area contributed by atoms with Gasteiger partial charge in [0.25, 0.3) is 0 Å². The van der Waals surface area contributed by atoms with Gasteiger partial charge in [-0.2, -0.15) is 0 Å². The third-order valence-electron chi connectivity index (χ3n) is 4.97. The van der Waals surface area contributed by atoms with Crippen LogP contribution in [0, 0.1) is 0 Å². The van der Waals surface area contributed by atoms with Crippen LogP contribution in [0.1, 0.15) is 6.42 Å². The number of nitrogens with zero attached hydrogens (tertiary/aromatic N) is 2. The molecule has 1 aliphatic heterocycles. The van der Waals surface area contributed by atoms with E-state index in [2.05, 4.69) is 10.3 Å². The lowest BCUT2D eigenvalue weighted by Gasteiger charge is -2.20. The highest BCUT2D eigenvalue weighted by molar-refractivity contribution is 5.92. The number of para-hydroxylation sites is 2. The summed E-state index contributed by atoms with van der Waals surface area (Å²) in [6.07, 6.45) is 2.43. The Labute approximate surface area is 169 Å². The van der Waals surface area contributed by atoms with Crippen molar-refractivity contribution < 1.29 is 19.0 Å². The van der Waals surface area contributed by atoms with Crippen LogP contribution in [-0.2, 0) is 0 Å². The SMILES string of the molecule is COc1cccc(NC(=O)N2CC[C@@H](Oc3cccc4cccnc34)C2)c1OC. The van der Waals surface area contributed by atoms with E-state index in [1.165, 1.54) is 0 Å². The molecule has 0 spiro atoms. The number of benzene rings is 2. The normalized spacial score (nSPS) is 15.9.